The molecule has 2 aliphatic rings. The molecule has 3 unspecified atom stereocenters. The average Bonchev–Trinajstić information content (AvgIpc) is 2.81. The van der Waals surface area contributed by atoms with Gasteiger partial charge in [-0.2, -0.15) is 11.8 Å². The van der Waals surface area contributed by atoms with E-state index in [-0.39, 0.29) is 5.92 Å². The minimum Gasteiger partial charge on any atom is -0.338 e. The molecule has 92 valence electrons. The second-order valence-corrected chi connectivity index (χ2v) is 6.26. The van der Waals surface area contributed by atoms with Crippen molar-refractivity contribution in [3.63, 3.8) is 0 Å². The molecule has 2 rings (SSSR count). The highest BCUT2D eigenvalue weighted by molar-refractivity contribution is 7.99. The Morgan fingerprint density at radius 2 is 2.31 bits per heavy atom. The van der Waals surface area contributed by atoms with Gasteiger partial charge in [-0.3, -0.25) is 4.79 Å². The molecular weight excluding hydrogens is 220 g/mol. The van der Waals surface area contributed by atoms with Crippen molar-refractivity contribution in [3.05, 3.63) is 0 Å². The molecule has 0 spiro atoms. The Morgan fingerprint density at radius 1 is 1.50 bits per heavy atom. The van der Waals surface area contributed by atoms with Crippen LogP contribution in [0.4, 0.5) is 0 Å². The zero-order valence-electron chi connectivity index (χ0n) is 10.0. The first kappa shape index (κ1) is 12.2. The molecule has 0 aromatic heterocycles. The highest BCUT2D eigenvalue weighted by atomic mass is 32.2. The topological polar surface area (TPSA) is 46.3 Å². The number of nitrogens with two attached hydrogens (primary N) is 1. The molecule has 4 heteroatoms. The molecule has 0 radical (unpaired) electrons. The third kappa shape index (κ3) is 2.54. The quantitative estimate of drug-likeness (QED) is 0.794. The predicted molar refractivity (Wildman–Crippen MR) is 68.4 cm³/mol. The number of hydrogen-bond donors (Lipinski definition) is 1. The standard InChI is InChI=1S/C12H22N2OS/c1-9-2-4-14(11(6-9)7-13)12(15)10-3-5-16-8-10/h9-11H,2-8,13H2,1H3. The Kier molecular flexibility index (Phi) is 4.14. The number of nitrogens with zero attached hydrogens (tertiary/aromatic N) is 1. The molecule has 0 saturated carbocycles. The summed E-state index contributed by atoms with van der Waals surface area (Å²) in [6, 6.07) is 0.293. The van der Waals surface area contributed by atoms with Crippen molar-refractivity contribution in [1.29, 1.82) is 0 Å². The first-order valence-electron chi connectivity index (χ1n) is 6.30. The van der Waals surface area contributed by atoms with Crippen molar-refractivity contribution in [3.8, 4) is 0 Å². The van der Waals surface area contributed by atoms with E-state index in [1.807, 2.05) is 11.8 Å². The second-order valence-electron chi connectivity index (χ2n) is 5.11. The first-order chi connectivity index (χ1) is 7.72. The van der Waals surface area contributed by atoms with Gasteiger partial charge in [0.1, 0.15) is 0 Å². The fraction of sp³-hybridized carbons (Fsp3) is 0.917. The Hall–Kier alpha value is -0.220. The lowest BCUT2D eigenvalue weighted by atomic mass is 9.91. The number of carbonyl (C=O) groups is 1. The average molecular weight is 242 g/mol. The summed E-state index contributed by atoms with van der Waals surface area (Å²) in [5.74, 6) is 3.52. The number of amides is 1. The van der Waals surface area contributed by atoms with Gasteiger partial charge >= 0.3 is 0 Å². The van der Waals surface area contributed by atoms with E-state index in [0.717, 1.165) is 43.2 Å². The maximum atomic E-state index is 12.3. The maximum Gasteiger partial charge on any atom is 0.226 e. The lowest BCUT2D eigenvalue weighted by Crippen LogP contribution is -2.51. The molecular formula is C12H22N2OS. The molecule has 2 heterocycles. The molecule has 3 nitrogen and oxygen atoms in total. The van der Waals surface area contributed by atoms with Crippen molar-refractivity contribution in [1.82, 2.24) is 4.90 Å². The van der Waals surface area contributed by atoms with Gasteiger partial charge in [0.25, 0.3) is 0 Å². The molecule has 0 bridgehead atoms. The van der Waals surface area contributed by atoms with Crippen LogP contribution in [0.15, 0.2) is 0 Å². The highest BCUT2D eigenvalue weighted by Gasteiger charge is 2.34. The number of likely N-dealkylation sites (tertiary alicyclic amines) is 1. The smallest absolute Gasteiger partial charge is 0.226 e. The molecule has 3 atom stereocenters. The minimum absolute atomic E-state index is 0.271. The van der Waals surface area contributed by atoms with Gasteiger partial charge in [0.2, 0.25) is 5.91 Å². The van der Waals surface area contributed by atoms with Gasteiger partial charge in [0.05, 0.1) is 0 Å². The van der Waals surface area contributed by atoms with Crippen LogP contribution in [-0.2, 0) is 4.79 Å². The summed E-state index contributed by atoms with van der Waals surface area (Å²) < 4.78 is 0. The summed E-state index contributed by atoms with van der Waals surface area (Å²) in [5.41, 5.74) is 5.79. The molecule has 2 saturated heterocycles. The van der Waals surface area contributed by atoms with Crippen LogP contribution >= 0.6 is 11.8 Å². The van der Waals surface area contributed by atoms with Crippen molar-refractivity contribution < 1.29 is 4.79 Å². The molecule has 16 heavy (non-hydrogen) atoms. The first-order valence-corrected chi connectivity index (χ1v) is 7.46. The lowest BCUT2D eigenvalue weighted by Gasteiger charge is -2.39. The van der Waals surface area contributed by atoms with Crippen LogP contribution in [0.5, 0.6) is 0 Å². The summed E-state index contributed by atoms with van der Waals surface area (Å²) in [5, 5.41) is 0. The Labute approximate surface area is 102 Å². The fourth-order valence-electron chi connectivity index (χ4n) is 2.73. The highest BCUT2D eigenvalue weighted by Crippen LogP contribution is 2.29. The molecule has 0 aromatic carbocycles. The number of piperidine rings is 1. The van der Waals surface area contributed by atoms with E-state index in [1.54, 1.807) is 0 Å². The zero-order valence-corrected chi connectivity index (χ0v) is 10.8. The number of carbonyl (C=O) groups excluding carboxylic acids is 1. The monoisotopic (exact) mass is 242 g/mol. The maximum absolute atomic E-state index is 12.3. The summed E-state index contributed by atoms with van der Waals surface area (Å²) >= 11 is 1.91. The summed E-state index contributed by atoms with van der Waals surface area (Å²) in [4.78, 5) is 14.4. The van der Waals surface area contributed by atoms with Crippen LogP contribution < -0.4 is 5.73 Å². The lowest BCUT2D eigenvalue weighted by molar-refractivity contribution is -0.138. The molecule has 0 aliphatic carbocycles. The summed E-state index contributed by atoms with van der Waals surface area (Å²) in [7, 11) is 0. The molecule has 1 amide bonds. The van der Waals surface area contributed by atoms with Crippen molar-refractivity contribution in [2.45, 2.75) is 32.2 Å². The Bertz CT molecular complexity index is 253. The van der Waals surface area contributed by atoms with Crippen LogP contribution in [0, 0.1) is 11.8 Å². The van der Waals surface area contributed by atoms with Gasteiger partial charge in [0, 0.05) is 30.8 Å². The van der Waals surface area contributed by atoms with E-state index in [2.05, 4.69) is 11.8 Å². The van der Waals surface area contributed by atoms with Crippen molar-refractivity contribution >= 4 is 17.7 Å². The Morgan fingerprint density at radius 3 is 2.94 bits per heavy atom. The molecule has 2 fully saturated rings. The molecule has 2 N–H and O–H groups in total. The number of thioether (sulfide) groups is 1. The van der Waals surface area contributed by atoms with Crippen LogP contribution in [0.1, 0.15) is 26.2 Å². The van der Waals surface area contributed by atoms with Gasteiger partial charge in [-0.1, -0.05) is 6.92 Å². The predicted octanol–water partition coefficient (Wildman–Crippen LogP) is 1.33. The van der Waals surface area contributed by atoms with Gasteiger partial charge in [-0.15, -0.1) is 0 Å². The van der Waals surface area contributed by atoms with Crippen molar-refractivity contribution in [2.24, 2.45) is 17.6 Å². The Balaban J connectivity index is 1.98. The van der Waals surface area contributed by atoms with Crippen LogP contribution in [-0.4, -0.2) is 41.4 Å². The van der Waals surface area contributed by atoms with E-state index < -0.39 is 0 Å². The summed E-state index contributed by atoms with van der Waals surface area (Å²) in [6.07, 6.45) is 3.29. The van der Waals surface area contributed by atoms with Crippen molar-refractivity contribution in [2.75, 3.05) is 24.6 Å². The molecule has 0 aromatic rings. The number of hydrogen-bond acceptors (Lipinski definition) is 3. The zero-order chi connectivity index (χ0) is 11.5. The van der Waals surface area contributed by atoms with E-state index >= 15 is 0 Å². The summed E-state index contributed by atoms with van der Waals surface area (Å²) in [6.45, 7) is 3.80. The SMILES string of the molecule is CC1CCN(C(=O)C2CCSC2)C(CN)C1. The normalized spacial score (nSPS) is 35.4. The fourth-order valence-corrected chi connectivity index (χ4v) is 3.94. The third-order valence-corrected chi connectivity index (χ3v) is 4.97. The van der Waals surface area contributed by atoms with E-state index in [1.165, 1.54) is 0 Å². The third-order valence-electron chi connectivity index (χ3n) is 3.81. The van der Waals surface area contributed by atoms with Gasteiger partial charge < -0.3 is 10.6 Å². The van der Waals surface area contributed by atoms with Crippen LogP contribution in [0.3, 0.4) is 0 Å². The van der Waals surface area contributed by atoms with Gasteiger partial charge in [-0.05, 0) is 30.9 Å². The number of rotatable bonds is 2. The van der Waals surface area contributed by atoms with Gasteiger partial charge in [0.15, 0.2) is 0 Å². The van der Waals surface area contributed by atoms with Crippen LogP contribution in [0.2, 0.25) is 0 Å². The second kappa shape index (κ2) is 5.41. The molecule has 2 aliphatic heterocycles. The van der Waals surface area contributed by atoms with E-state index in [0.29, 0.717) is 18.5 Å². The van der Waals surface area contributed by atoms with Crippen LogP contribution in [0.25, 0.3) is 0 Å². The van der Waals surface area contributed by atoms with E-state index in [9.17, 15) is 4.79 Å². The minimum atomic E-state index is 0.271. The van der Waals surface area contributed by atoms with E-state index in [4.69, 9.17) is 5.73 Å². The largest absolute Gasteiger partial charge is 0.338 e. The van der Waals surface area contributed by atoms with Gasteiger partial charge in [-0.25, -0.2) is 0 Å².